The third-order valence-electron chi connectivity index (χ3n) is 3.53. The number of hydrogen-bond donors (Lipinski definition) is 0. The number of methoxy groups -OCH3 is 2. The van der Waals surface area contributed by atoms with Crippen LogP contribution in [0.3, 0.4) is 0 Å². The average molecular weight is 347 g/mol. The van der Waals surface area contributed by atoms with Gasteiger partial charge in [-0.05, 0) is 36.4 Å². The number of nitriles is 1. The van der Waals surface area contributed by atoms with Crippen LogP contribution in [-0.2, 0) is 4.74 Å². The maximum absolute atomic E-state index is 11.6. The smallest absolute Gasteiger partial charge is 0.356 e. The first-order chi connectivity index (χ1) is 12.7. The SMILES string of the molecule is COC(=O)c1cccc(-c2nnc(-c3ccc(OC)cc3)c(C#N)n2)n1. The number of pyridine rings is 1. The van der Waals surface area contributed by atoms with E-state index >= 15 is 0 Å². The van der Waals surface area contributed by atoms with Gasteiger partial charge in [-0.25, -0.2) is 14.8 Å². The highest BCUT2D eigenvalue weighted by atomic mass is 16.5. The molecular weight excluding hydrogens is 334 g/mol. The molecular formula is C18H13N5O3. The van der Waals surface area contributed by atoms with Crippen LogP contribution >= 0.6 is 0 Å². The summed E-state index contributed by atoms with van der Waals surface area (Å²) < 4.78 is 9.76. The van der Waals surface area contributed by atoms with E-state index in [-0.39, 0.29) is 17.2 Å². The van der Waals surface area contributed by atoms with Crippen molar-refractivity contribution in [3.05, 3.63) is 53.9 Å². The molecule has 0 N–H and O–H groups in total. The molecule has 0 saturated heterocycles. The number of hydrogen-bond acceptors (Lipinski definition) is 8. The zero-order valence-corrected chi connectivity index (χ0v) is 14.0. The second-order valence-electron chi connectivity index (χ2n) is 5.07. The van der Waals surface area contributed by atoms with E-state index in [9.17, 15) is 10.1 Å². The van der Waals surface area contributed by atoms with Crippen molar-refractivity contribution in [2.45, 2.75) is 0 Å². The molecule has 0 unspecified atom stereocenters. The minimum absolute atomic E-state index is 0.102. The summed E-state index contributed by atoms with van der Waals surface area (Å²) in [4.78, 5) is 20.0. The average Bonchev–Trinajstić information content (AvgIpc) is 2.72. The Hall–Kier alpha value is -3.86. The van der Waals surface area contributed by atoms with Crippen molar-refractivity contribution in [3.63, 3.8) is 0 Å². The number of nitrogens with zero attached hydrogens (tertiary/aromatic N) is 5. The van der Waals surface area contributed by atoms with Crippen molar-refractivity contribution in [2.75, 3.05) is 14.2 Å². The number of esters is 1. The van der Waals surface area contributed by atoms with Gasteiger partial charge in [-0.2, -0.15) is 5.26 Å². The van der Waals surface area contributed by atoms with E-state index in [1.807, 2.05) is 6.07 Å². The molecule has 0 spiro atoms. The normalized spacial score (nSPS) is 10.0. The van der Waals surface area contributed by atoms with Crippen molar-refractivity contribution in [3.8, 4) is 34.6 Å². The first-order valence-corrected chi connectivity index (χ1v) is 7.51. The van der Waals surface area contributed by atoms with E-state index in [0.717, 1.165) is 0 Å². The van der Waals surface area contributed by atoms with Crippen molar-refractivity contribution < 1.29 is 14.3 Å². The maximum Gasteiger partial charge on any atom is 0.356 e. The van der Waals surface area contributed by atoms with E-state index in [1.165, 1.54) is 13.2 Å². The molecule has 0 aliphatic heterocycles. The summed E-state index contributed by atoms with van der Waals surface area (Å²) in [6, 6.07) is 13.8. The highest BCUT2D eigenvalue weighted by molar-refractivity contribution is 5.87. The Bertz CT molecular complexity index is 996. The summed E-state index contributed by atoms with van der Waals surface area (Å²) in [5.41, 5.74) is 1.57. The van der Waals surface area contributed by atoms with Gasteiger partial charge in [-0.3, -0.25) is 0 Å². The van der Waals surface area contributed by atoms with Crippen molar-refractivity contribution >= 4 is 5.97 Å². The van der Waals surface area contributed by atoms with E-state index in [2.05, 4.69) is 24.9 Å². The summed E-state index contributed by atoms with van der Waals surface area (Å²) in [6.07, 6.45) is 0. The summed E-state index contributed by atoms with van der Waals surface area (Å²) in [5.74, 6) is 0.258. The lowest BCUT2D eigenvalue weighted by atomic mass is 10.1. The highest BCUT2D eigenvalue weighted by Gasteiger charge is 2.15. The summed E-state index contributed by atoms with van der Waals surface area (Å²) >= 11 is 0. The molecule has 0 radical (unpaired) electrons. The fourth-order valence-corrected chi connectivity index (χ4v) is 2.23. The van der Waals surface area contributed by atoms with Crippen LogP contribution in [0.15, 0.2) is 42.5 Å². The van der Waals surface area contributed by atoms with Crippen LogP contribution in [0.5, 0.6) is 5.75 Å². The van der Waals surface area contributed by atoms with E-state index in [1.54, 1.807) is 43.5 Å². The summed E-state index contributed by atoms with van der Waals surface area (Å²) in [7, 11) is 2.84. The van der Waals surface area contributed by atoms with Gasteiger partial charge in [-0.1, -0.05) is 6.07 Å². The lowest BCUT2D eigenvalue weighted by Gasteiger charge is -2.06. The molecule has 0 atom stereocenters. The lowest BCUT2D eigenvalue weighted by molar-refractivity contribution is 0.0594. The molecule has 8 heteroatoms. The molecule has 8 nitrogen and oxygen atoms in total. The number of aromatic nitrogens is 4. The maximum atomic E-state index is 11.6. The Morgan fingerprint density at radius 1 is 1.04 bits per heavy atom. The molecule has 0 aliphatic rings. The Labute approximate surface area is 149 Å². The molecule has 0 amide bonds. The first kappa shape index (κ1) is 17.0. The molecule has 0 fully saturated rings. The lowest BCUT2D eigenvalue weighted by Crippen LogP contribution is -2.06. The van der Waals surface area contributed by atoms with Crippen LogP contribution in [0.4, 0.5) is 0 Å². The molecule has 2 heterocycles. The van der Waals surface area contributed by atoms with Gasteiger partial charge in [0.2, 0.25) is 5.82 Å². The monoisotopic (exact) mass is 347 g/mol. The number of benzene rings is 1. The molecule has 3 rings (SSSR count). The van der Waals surface area contributed by atoms with Gasteiger partial charge in [0, 0.05) is 5.56 Å². The number of ether oxygens (including phenoxy) is 2. The van der Waals surface area contributed by atoms with Gasteiger partial charge >= 0.3 is 5.97 Å². The van der Waals surface area contributed by atoms with Crippen molar-refractivity contribution in [1.29, 1.82) is 5.26 Å². The molecule has 0 saturated carbocycles. The third kappa shape index (κ3) is 3.32. The molecule has 0 bridgehead atoms. The van der Waals surface area contributed by atoms with Crippen LogP contribution in [-0.4, -0.2) is 40.4 Å². The zero-order chi connectivity index (χ0) is 18.5. The number of carbonyl (C=O) groups excluding carboxylic acids is 1. The predicted octanol–water partition coefficient (Wildman–Crippen LogP) is 2.27. The van der Waals surface area contributed by atoms with Gasteiger partial charge in [0.15, 0.2) is 5.69 Å². The number of rotatable bonds is 4. The Balaban J connectivity index is 2.01. The van der Waals surface area contributed by atoms with Gasteiger partial charge in [-0.15, -0.1) is 10.2 Å². The molecule has 2 aromatic heterocycles. The fraction of sp³-hybridized carbons (Fsp3) is 0.111. The van der Waals surface area contributed by atoms with E-state index < -0.39 is 5.97 Å². The molecule has 0 aliphatic carbocycles. The molecule has 26 heavy (non-hydrogen) atoms. The Morgan fingerprint density at radius 3 is 2.46 bits per heavy atom. The predicted molar refractivity (Wildman–Crippen MR) is 91.1 cm³/mol. The van der Waals surface area contributed by atoms with E-state index in [4.69, 9.17) is 4.74 Å². The van der Waals surface area contributed by atoms with Gasteiger partial charge in [0.05, 0.1) is 14.2 Å². The molecule has 1 aromatic carbocycles. The van der Waals surface area contributed by atoms with Crippen LogP contribution < -0.4 is 4.74 Å². The minimum atomic E-state index is -0.574. The topological polar surface area (TPSA) is 111 Å². The number of carbonyl (C=O) groups is 1. The second kappa shape index (κ2) is 7.36. The van der Waals surface area contributed by atoms with Crippen molar-refractivity contribution in [1.82, 2.24) is 20.2 Å². The molecule has 3 aromatic rings. The quantitative estimate of drug-likeness (QED) is 0.661. The van der Waals surface area contributed by atoms with Gasteiger partial charge < -0.3 is 9.47 Å². The summed E-state index contributed by atoms with van der Waals surface area (Å²) in [5, 5.41) is 17.6. The van der Waals surface area contributed by atoms with Gasteiger partial charge in [0.1, 0.15) is 28.9 Å². The Morgan fingerprint density at radius 2 is 1.81 bits per heavy atom. The van der Waals surface area contributed by atoms with E-state index in [0.29, 0.717) is 22.7 Å². The third-order valence-corrected chi connectivity index (χ3v) is 3.53. The summed E-state index contributed by atoms with van der Waals surface area (Å²) in [6.45, 7) is 0. The van der Waals surface area contributed by atoms with Crippen molar-refractivity contribution in [2.24, 2.45) is 0 Å². The highest BCUT2D eigenvalue weighted by Crippen LogP contribution is 2.23. The van der Waals surface area contributed by atoms with Crippen LogP contribution in [0.25, 0.3) is 22.8 Å². The van der Waals surface area contributed by atoms with Crippen LogP contribution in [0.1, 0.15) is 16.2 Å². The van der Waals surface area contributed by atoms with Gasteiger partial charge in [0.25, 0.3) is 0 Å². The zero-order valence-electron chi connectivity index (χ0n) is 14.0. The minimum Gasteiger partial charge on any atom is -0.497 e. The molecule has 128 valence electrons. The Kier molecular flexibility index (Phi) is 4.80. The van der Waals surface area contributed by atoms with Crippen LogP contribution in [0, 0.1) is 11.3 Å². The second-order valence-corrected chi connectivity index (χ2v) is 5.07. The largest absolute Gasteiger partial charge is 0.497 e. The van der Waals surface area contributed by atoms with Crippen LogP contribution in [0.2, 0.25) is 0 Å². The standard InChI is InChI=1S/C18H13N5O3/c1-25-12-8-6-11(7-9-12)16-15(10-19)21-17(23-22-16)13-4-3-5-14(20-13)18(24)26-2/h3-9H,1-2H3. The fourth-order valence-electron chi connectivity index (χ4n) is 2.23. The first-order valence-electron chi connectivity index (χ1n) is 7.51.